The highest BCUT2D eigenvalue weighted by Gasteiger charge is 2.16. The molecule has 7 heteroatoms. The molecule has 7 nitrogen and oxygen atoms in total. The maximum Gasteiger partial charge on any atom is 0.356 e. The first-order chi connectivity index (χ1) is 10.5. The molecule has 1 aromatic heterocycles. The molecule has 2 N–H and O–H groups in total. The first-order valence-electron chi connectivity index (χ1n) is 6.71. The van der Waals surface area contributed by atoms with E-state index in [0.29, 0.717) is 18.0 Å². The molecule has 0 fully saturated rings. The van der Waals surface area contributed by atoms with Crippen LogP contribution >= 0.6 is 0 Å². The van der Waals surface area contributed by atoms with Crippen LogP contribution in [0.2, 0.25) is 0 Å². The number of ether oxygens (including phenoxy) is 1. The number of carboxylic acid groups (broad SMARTS) is 1. The Balaban J connectivity index is 2.26. The minimum atomic E-state index is -1.10. The summed E-state index contributed by atoms with van der Waals surface area (Å²) < 4.78 is 6.38. The second-order valence-electron chi connectivity index (χ2n) is 4.81. The number of amides is 1. The molecular formula is C15H17N3O4. The van der Waals surface area contributed by atoms with Gasteiger partial charge in [-0.05, 0) is 18.2 Å². The average molecular weight is 303 g/mol. The van der Waals surface area contributed by atoms with E-state index in [2.05, 4.69) is 10.4 Å². The zero-order valence-electron chi connectivity index (χ0n) is 12.3. The van der Waals surface area contributed by atoms with E-state index >= 15 is 0 Å². The Morgan fingerprint density at radius 2 is 2.09 bits per heavy atom. The molecule has 1 unspecified atom stereocenters. The lowest BCUT2D eigenvalue weighted by Gasteiger charge is -2.14. The summed E-state index contributed by atoms with van der Waals surface area (Å²) in [5.41, 5.74) is 1.08. The molecule has 0 saturated heterocycles. The minimum Gasteiger partial charge on any atom is -0.476 e. The molecule has 0 bridgehead atoms. The lowest BCUT2D eigenvalue weighted by atomic mass is 10.1. The van der Waals surface area contributed by atoms with Crippen molar-refractivity contribution in [1.82, 2.24) is 9.78 Å². The maximum absolute atomic E-state index is 12.1. The molecule has 2 rings (SSSR count). The predicted molar refractivity (Wildman–Crippen MR) is 80.2 cm³/mol. The van der Waals surface area contributed by atoms with Crippen molar-refractivity contribution in [2.45, 2.75) is 6.92 Å². The van der Waals surface area contributed by atoms with E-state index in [-0.39, 0.29) is 17.5 Å². The Morgan fingerprint density at radius 3 is 2.73 bits per heavy atom. The molecule has 0 radical (unpaired) electrons. The summed E-state index contributed by atoms with van der Waals surface area (Å²) in [5.74, 6) is -1.58. The molecule has 1 amide bonds. The number of methoxy groups -OCH3 is 1. The Bertz CT molecular complexity index is 681. The molecule has 0 aliphatic heterocycles. The Hall–Kier alpha value is -2.67. The van der Waals surface area contributed by atoms with Crippen LogP contribution in [0.1, 0.15) is 17.4 Å². The van der Waals surface area contributed by atoms with Gasteiger partial charge in [0.25, 0.3) is 0 Å². The number of carboxylic acids is 1. The van der Waals surface area contributed by atoms with Crippen molar-refractivity contribution in [2.24, 2.45) is 5.92 Å². The van der Waals surface area contributed by atoms with Crippen molar-refractivity contribution in [3.05, 3.63) is 42.2 Å². The smallest absolute Gasteiger partial charge is 0.356 e. The topological polar surface area (TPSA) is 93.5 Å². The first-order valence-corrected chi connectivity index (χ1v) is 6.71. The number of hydrogen-bond donors (Lipinski definition) is 2. The molecule has 116 valence electrons. The highest BCUT2D eigenvalue weighted by Crippen LogP contribution is 2.20. The zero-order chi connectivity index (χ0) is 16.1. The highest BCUT2D eigenvalue weighted by molar-refractivity contribution is 5.94. The van der Waals surface area contributed by atoms with E-state index in [1.165, 1.54) is 24.1 Å². The maximum atomic E-state index is 12.1. The molecule has 0 aliphatic carbocycles. The van der Waals surface area contributed by atoms with E-state index in [1.807, 2.05) is 0 Å². The minimum absolute atomic E-state index is 0.0612. The van der Waals surface area contributed by atoms with Crippen molar-refractivity contribution >= 4 is 17.6 Å². The summed E-state index contributed by atoms with van der Waals surface area (Å²) >= 11 is 0. The average Bonchev–Trinajstić information content (AvgIpc) is 2.98. The van der Waals surface area contributed by atoms with Gasteiger partial charge in [0.15, 0.2) is 5.69 Å². The van der Waals surface area contributed by atoms with Gasteiger partial charge in [0.2, 0.25) is 5.91 Å². The standard InChI is InChI=1S/C15H17N3O4/c1-10(9-22-2)14(19)16-11-5-3-4-6-13(11)18-8-7-12(17-18)15(20)21/h3-8,10H,9H2,1-2H3,(H,16,19)(H,20,21). The van der Waals surface area contributed by atoms with E-state index < -0.39 is 5.97 Å². The van der Waals surface area contributed by atoms with Crippen LogP contribution in [0.25, 0.3) is 5.69 Å². The van der Waals surface area contributed by atoms with Crippen LogP contribution in [-0.4, -0.2) is 40.5 Å². The van der Waals surface area contributed by atoms with Gasteiger partial charge in [-0.3, -0.25) is 4.79 Å². The van der Waals surface area contributed by atoms with E-state index in [1.54, 1.807) is 31.2 Å². The fourth-order valence-corrected chi connectivity index (χ4v) is 1.93. The molecule has 0 saturated carbocycles. The highest BCUT2D eigenvalue weighted by atomic mass is 16.5. The van der Waals surface area contributed by atoms with Crippen molar-refractivity contribution in [1.29, 1.82) is 0 Å². The van der Waals surface area contributed by atoms with Gasteiger partial charge in [-0.2, -0.15) is 5.10 Å². The quantitative estimate of drug-likeness (QED) is 0.848. The Kier molecular flexibility index (Phi) is 4.90. The summed E-state index contributed by atoms with van der Waals surface area (Å²) in [5, 5.41) is 15.7. The van der Waals surface area contributed by atoms with Crippen molar-refractivity contribution in [3.8, 4) is 5.69 Å². The van der Waals surface area contributed by atoms with E-state index in [4.69, 9.17) is 9.84 Å². The SMILES string of the molecule is COCC(C)C(=O)Nc1ccccc1-n1ccc(C(=O)O)n1. The summed E-state index contributed by atoms with van der Waals surface area (Å²) in [4.78, 5) is 23.0. The van der Waals surface area contributed by atoms with Crippen LogP contribution in [-0.2, 0) is 9.53 Å². The molecule has 1 atom stereocenters. The van der Waals surface area contributed by atoms with Gasteiger partial charge in [-0.15, -0.1) is 0 Å². The third-order valence-electron chi connectivity index (χ3n) is 3.08. The fourth-order valence-electron chi connectivity index (χ4n) is 1.93. The first kappa shape index (κ1) is 15.7. The van der Waals surface area contributed by atoms with Gasteiger partial charge in [0.1, 0.15) is 0 Å². The normalized spacial score (nSPS) is 11.9. The number of nitrogens with one attached hydrogen (secondary N) is 1. The molecule has 0 aliphatic rings. The number of carbonyl (C=O) groups excluding carboxylic acids is 1. The third-order valence-corrected chi connectivity index (χ3v) is 3.08. The summed E-state index contributed by atoms with van der Waals surface area (Å²) in [6.07, 6.45) is 1.53. The number of nitrogens with zero attached hydrogens (tertiary/aromatic N) is 2. The number of aromatic nitrogens is 2. The van der Waals surface area contributed by atoms with E-state index in [9.17, 15) is 9.59 Å². The summed E-state index contributed by atoms with van der Waals surface area (Å²) in [6.45, 7) is 2.08. The molecule has 1 heterocycles. The largest absolute Gasteiger partial charge is 0.476 e. The van der Waals surface area contributed by atoms with Crippen LogP contribution in [0.4, 0.5) is 5.69 Å². The lowest BCUT2D eigenvalue weighted by Crippen LogP contribution is -2.24. The molecule has 2 aromatic rings. The summed E-state index contributed by atoms with van der Waals surface area (Å²) in [6, 6.07) is 8.44. The van der Waals surface area contributed by atoms with Gasteiger partial charge < -0.3 is 15.2 Å². The predicted octanol–water partition coefficient (Wildman–Crippen LogP) is 1.79. The zero-order valence-corrected chi connectivity index (χ0v) is 12.3. The van der Waals surface area contributed by atoms with E-state index in [0.717, 1.165) is 0 Å². The summed E-state index contributed by atoms with van der Waals surface area (Å²) in [7, 11) is 1.54. The van der Waals surface area contributed by atoms with Crippen LogP contribution in [0.5, 0.6) is 0 Å². The van der Waals surface area contributed by atoms with Crippen LogP contribution in [0.3, 0.4) is 0 Å². The number of aromatic carboxylic acids is 1. The van der Waals surface area contributed by atoms with Gasteiger partial charge in [0, 0.05) is 13.3 Å². The second kappa shape index (κ2) is 6.86. The van der Waals surface area contributed by atoms with Crippen LogP contribution in [0, 0.1) is 5.92 Å². The van der Waals surface area contributed by atoms with Gasteiger partial charge in [-0.25, -0.2) is 9.48 Å². The number of rotatable bonds is 6. The van der Waals surface area contributed by atoms with Gasteiger partial charge >= 0.3 is 5.97 Å². The monoisotopic (exact) mass is 303 g/mol. The number of hydrogen-bond acceptors (Lipinski definition) is 4. The van der Waals surface area contributed by atoms with Gasteiger partial charge in [-0.1, -0.05) is 19.1 Å². The number of benzene rings is 1. The van der Waals surface area contributed by atoms with Gasteiger partial charge in [0.05, 0.1) is 23.9 Å². The number of carbonyl (C=O) groups is 2. The molecular weight excluding hydrogens is 286 g/mol. The number of para-hydroxylation sites is 2. The lowest BCUT2D eigenvalue weighted by molar-refractivity contribution is -0.120. The fraction of sp³-hybridized carbons (Fsp3) is 0.267. The number of anilines is 1. The van der Waals surface area contributed by atoms with Crippen LogP contribution < -0.4 is 5.32 Å². The Labute approximate surface area is 127 Å². The van der Waals surface area contributed by atoms with Crippen molar-refractivity contribution in [2.75, 3.05) is 19.0 Å². The Morgan fingerprint density at radius 1 is 1.36 bits per heavy atom. The second-order valence-corrected chi connectivity index (χ2v) is 4.81. The van der Waals surface area contributed by atoms with Crippen molar-refractivity contribution in [3.63, 3.8) is 0 Å². The third kappa shape index (κ3) is 3.50. The van der Waals surface area contributed by atoms with Crippen LogP contribution in [0.15, 0.2) is 36.5 Å². The molecule has 1 aromatic carbocycles. The van der Waals surface area contributed by atoms with Crippen molar-refractivity contribution < 1.29 is 19.4 Å². The molecule has 22 heavy (non-hydrogen) atoms. The molecule has 0 spiro atoms.